The van der Waals surface area contributed by atoms with Gasteiger partial charge in [-0.2, -0.15) is 0 Å². The van der Waals surface area contributed by atoms with E-state index in [1.807, 2.05) is 73.8 Å². The second-order valence-electron chi connectivity index (χ2n) is 10.5. The quantitative estimate of drug-likeness (QED) is 0.138. The number of sulfonamides is 1. The van der Waals surface area contributed by atoms with E-state index < -0.39 is 10.0 Å². The van der Waals surface area contributed by atoms with Crippen molar-refractivity contribution in [2.24, 2.45) is 0 Å². The molecule has 0 saturated carbocycles. The van der Waals surface area contributed by atoms with Gasteiger partial charge >= 0.3 is 0 Å². The van der Waals surface area contributed by atoms with Crippen molar-refractivity contribution in [3.8, 4) is 17.4 Å². The van der Waals surface area contributed by atoms with Gasteiger partial charge in [-0.3, -0.25) is 9.71 Å². The summed E-state index contributed by atoms with van der Waals surface area (Å²) in [6, 6.07) is 28.4. The van der Waals surface area contributed by atoms with E-state index in [1.54, 1.807) is 42.7 Å². The average Bonchev–Trinajstić information content (AvgIpc) is 3.03. The molecular weight excluding hydrogens is 586 g/mol. The van der Waals surface area contributed by atoms with Gasteiger partial charge in [0, 0.05) is 49.9 Å². The Kier molecular flexibility index (Phi) is 9.92. The number of anilines is 2. The maximum Gasteiger partial charge on any atom is 0.229 e. The van der Waals surface area contributed by atoms with Gasteiger partial charge in [0.15, 0.2) is 5.69 Å². The first-order valence-electron chi connectivity index (χ1n) is 14.3. The number of hydrogen-bond donors (Lipinski definition) is 1. The molecule has 3 aromatic carbocycles. The fraction of sp³-hybridized carbons (Fsp3) is 0.171. The lowest BCUT2D eigenvalue weighted by Gasteiger charge is -2.28. The maximum absolute atomic E-state index is 12.0. The van der Waals surface area contributed by atoms with Crippen LogP contribution in [0.25, 0.3) is 4.85 Å². The van der Waals surface area contributed by atoms with Crippen LogP contribution >= 0.6 is 0 Å². The first kappa shape index (κ1) is 31.0. The molecule has 0 spiro atoms. The van der Waals surface area contributed by atoms with E-state index in [4.69, 9.17) is 16.0 Å². The Morgan fingerprint density at radius 1 is 0.867 bits per heavy atom. The van der Waals surface area contributed by atoms with Crippen molar-refractivity contribution in [3.63, 3.8) is 0 Å². The van der Waals surface area contributed by atoms with Crippen molar-refractivity contribution in [1.82, 2.24) is 9.97 Å². The lowest BCUT2D eigenvalue weighted by molar-refractivity contribution is 0.307. The van der Waals surface area contributed by atoms with Crippen molar-refractivity contribution in [2.45, 2.75) is 26.4 Å². The molecule has 0 radical (unpaired) electrons. The van der Waals surface area contributed by atoms with Crippen LogP contribution in [0, 0.1) is 13.5 Å². The molecule has 0 atom stereocenters. The Labute approximate surface area is 264 Å². The summed E-state index contributed by atoms with van der Waals surface area (Å²) in [6.07, 6.45) is 7.09. The summed E-state index contributed by atoms with van der Waals surface area (Å²) in [7, 11) is -3.44. The zero-order valence-corrected chi connectivity index (χ0v) is 25.9. The molecular formula is C35H33N5O4S. The van der Waals surface area contributed by atoms with Crippen LogP contribution < -0.4 is 19.1 Å². The van der Waals surface area contributed by atoms with Crippen molar-refractivity contribution in [3.05, 3.63) is 143 Å². The fourth-order valence-electron chi connectivity index (χ4n) is 4.77. The first-order valence-corrected chi connectivity index (χ1v) is 16.2. The molecule has 2 aromatic heterocycles. The Bertz CT molecular complexity index is 1880. The molecule has 0 aliphatic rings. The predicted octanol–water partition coefficient (Wildman–Crippen LogP) is 7.33. The Balaban J connectivity index is 1.30. The van der Waals surface area contributed by atoms with Crippen molar-refractivity contribution in [1.29, 1.82) is 0 Å². The molecule has 1 N–H and O–H groups in total. The van der Waals surface area contributed by atoms with E-state index in [2.05, 4.69) is 24.4 Å². The van der Waals surface area contributed by atoms with E-state index in [-0.39, 0.29) is 0 Å². The highest BCUT2D eigenvalue weighted by Gasteiger charge is 2.15. The molecule has 9 nitrogen and oxygen atoms in total. The van der Waals surface area contributed by atoms with Crippen molar-refractivity contribution in [2.75, 3.05) is 22.5 Å². The van der Waals surface area contributed by atoms with Gasteiger partial charge in [0.1, 0.15) is 11.5 Å². The standard InChI is InChI=1S/C35H33N5O4S/c1-26-33(39-45(3,41)42)7-4-8-34(26)40(24-28-9-13-30(36-2)14-10-28)25-29-11-15-31(16-12-29)44-32-17-20-38-35(22-32)43-21-18-27-6-5-19-37-23-27/h4-17,19-20,22-23,39H,18,21,24-25H2,1,3H3. The SMILES string of the molecule is [C-]#[N+]c1ccc(CN(Cc2ccc(Oc3ccnc(OCCc4cccnc4)c3)cc2)c2cccc(NS(C)(=O)=O)c2C)cc1. The third kappa shape index (κ3) is 9.05. The summed E-state index contributed by atoms with van der Waals surface area (Å²) in [4.78, 5) is 14.1. The zero-order valence-electron chi connectivity index (χ0n) is 25.1. The second-order valence-corrected chi connectivity index (χ2v) is 12.2. The van der Waals surface area contributed by atoms with E-state index >= 15 is 0 Å². The number of pyridine rings is 2. The predicted molar refractivity (Wildman–Crippen MR) is 176 cm³/mol. The van der Waals surface area contributed by atoms with E-state index in [9.17, 15) is 8.42 Å². The molecule has 0 aliphatic heterocycles. The highest BCUT2D eigenvalue weighted by atomic mass is 32.2. The van der Waals surface area contributed by atoms with Crippen molar-refractivity contribution >= 4 is 27.1 Å². The summed E-state index contributed by atoms with van der Waals surface area (Å²) in [5.74, 6) is 1.77. The Morgan fingerprint density at radius 3 is 2.27 bits per heavy atom. The van der Waals surface area contributed by atoms with Gasteiger partial charge < -0.3 is 14.4 Å². The number of nitrogens with one attached hydrogen (secondary N) is 1. The lowest BCUT2D eigenvalue weighted by atomic mass is 10.1. The van der Waals surface area contributed by atoms with Gasteiger partial charge in [-0.05, 0) is 65.6 Å². The van der Waals surface area contributed by atoms with Gasteiger partial charge in [-0.1, -0.05) is 48.5 Å². The number of aromatic nitrogens is 2. The molecule has 0 fully saturated rings. The molecule has 0 saturated heterocycles. The lowest BCUT2D eigenvalue weighted by Crippen LogP contribution is -2.23. The topological polar surface area (TPSA) is 98.0 Å². The summed E-state index contributed by atoms with van der Waals surface area (Å²) < 4.78 is 38.5. The maximum atomic E-state index is 12.0. The number of benzene rings is 3. The molecule has 228 valence electrons. The number of ether oxygens (including phenoxy) is 2. The van der Waals surface area contributed by atoms with Gasteiger partial charge in [-0.25, -0.2) is 18.2 Å². The molecule has 0 aliphatic carbocycles. The van der Waals surface area contributed by atoms with Crippen molar-refractivity contribution < 1.29 is 17.9 Å². The summed E-state index contributed by atoms with van der Waals surface area (Å²) in [6.45, 7) is 10.7. The molecule has 2 heterocycles. The average molecular weight is 620 g/mol. The largest absolute Gasteiger partial charge is 0.477 e. The molecule has 5 rings (SSSR count). The molecule has 10 heteroatoms. The minimum Gasteiger partial charge on any atom is -0.477 e. The normalized spacial score (nSPS) is 11.0. The van der Waals surface area contributed by atoms with Gasteiger partial charge in [-0.15, -0.1) is 0 Å². The highest BCUT2D eigenvalue weighted by molar-refractivity contribution is 7.92. The minimum absolute atomic E-state index is 0.476. The molecule has 0 unspecified atom stereocenters. The van der Waals surface area contributed by atoms with Crippen LogP contribution in [-0.4, -0.2) is 31.2 Å². The molecule has 45 heavy (non-hydrogen) atoms. The zero-order chi connectivity index (χ0) is 31.6. The van der Waals surface area contributed by atoms with E-state index in [1.165, 1.54) is 0 Å². The van der Waals surface area contributed by atoms with E-state index in [0.29, 0.717) is 48.5 Å². The van der Waals surface area contributed by atoms with Crippen LogP contribution in [-0.2, 0) is 29.5 Å². The van der Waals surface area contributed by atoms with Gasteiger partial charge in [0.05, 0.1) is 25.1 Å². The Morgan fingerprint density at radius 2 is 1.60 bits per heavy atom. The van der Waals surface area contributed by atoms with Crippen LogP contribution in [0.5, 0.6) is 17.4 Å². The number of nitrogens with zero attached hydrogens (tertiary/aromatic N) is 4. The van der Waals surface area contributed by atoms with Crippen LogP contribution in [0.2, 0.25) is 0 Å². The summed E-state index contributed by atoms with van der Waals surface area (Å²) in [5, 5.41) is 0. The second kappa shape index (κ2) is 14.4. The smallest absolute Gasteiger partial charge is 0.229 e. The Hall–Kier alpha value is -5.40. The monoisotopic (exact) mass is 619 g/mol. The third-order valence-corrected chi connectivity index (χ3v) is 7.57. The fourth-order valence-corrected chi connectivity index (χ4v) is 5.39. The van der Waals surface area contributed by atoms with Gasteiger partial charge in [0.2, 0.25) is 15.9 Å². The number of hydrogen-bond acceptors (Lipinski definition) is 7. The van der Waals surface area contributed by atoms with Crippen LogP contribution in [0.4, 0.5) is 17.1 Å². The summed E-state index contributed by atoms with van der Waals surface area (Å²) in [5.41, 5.74) is 5.98. The number of rotatable bonds is 13. The summed E-state index contributed by atoms with van der Waals surface area (Å²) >= 11 is 0. The van der Waals surface area contributed by atoms with E-state index in [0.717, 1.165) is 40.6 Å². The first-order chi connectivity index (χ1) is 21.8. The van der Waals surface area contributed by atoms with Crippen LogP contribution in [0.3, 0.4) is 0 Å². The molecule has 5 aromatic rings. The highest BCUT2D eigenvalue weighted by Crippen LogP contribution is 2.31. The van der Waals surface area contributed by atoms with Crippen LogP contribution in [0.1, 0.15) is 22.3 Å². The van der Waals surface area contributed by atoms with Gasteiger partial charge in [0.25, 0.3) is 0 Å². The third-order valence-electron chi connectivity index (χ3n) is 6.98. The minimum atomic E-state index is -3.44. The molecule has 0 bridgehead atoms. The molecule has 0 amide bonds. The van der Waals surface area contributed by atoms with Crippen LogP contribution in [0.15, 0.2) is 110 Å².